The van der Waals surface area contributed by atoms with E-state index in [0.29, 0.717) is 6.04 Å². The van der Waals surface area contributed by atoms with Crippen LogP contribution in [0.25, 0.3) is 0 Å². The fraction of sp³-hybridized carbons (Fsp3) is 0.692. The molecule has 0 aliphatic carbocycles. The lowest BCUT2D eigenvalue weighted by atomic mass is 10.2. The largest absolute Gasteiger partial charge is 0.370 e. The van der Waals surface area contributed by atoms with Gasteiger partial charge in [-0.2, -0.15) is 0 Å². The van der Waals surface area contributed by atoms with Gasteiger partial charge in [0.1, 0.15) is 17.5 Å². The van der Waals surface area contributed by atoms with Gasteiger partial charge in [0.25, 0.3) is 0 Å². The number of aryl methyl sites for hydroxylation is 1. The van der Waals surface area contributed by atoms with Crippen molar-refractivity contribution >= 4 is 11.6 Å². The van der Waals surface area contributed by atoms with Gasteiger partial charge in [-0.05, 0) is 33.4 Å². The lowest BCUT2D eigenvalue weighted by Gasteiger charge is -2.15. The van der Waals surface area contributed by atoms with Crippen LogP contribution >= 0.6 is 0 Å². The summed E-state index contributed by atoms with van der Waals surface area (Å²) in [5.41, 5.74) is 0. The van der Waals surface area contributed by atoms with E-state index in [2.05, 4.69) is 39.5 Å². The Morgan fingerprint density at radius 1 is 1.39 bits per heavy atom. The van der Waals surface area contributed by atoms with Gasteiger partial charge in [0, 0.05) is 25.2 Å². The Hall–Kier alpha value is -1.36. The molecule has 1 aliphatic heterocycles. The Morgan fingerprint density at radius 2 is 2.17 bits per heavy atom. The summed E-state index contributed by atoms with van der Waals surface area (Å²) < 4.78 is 0. The lowest BCUT2D eigenvalue weighted by Crippen LogP contribution is -2.24. The number of nitrogens with one attached hydrogen (secondary N) is 2. The van der Waals surface area contributed by atoms with Crippen molar-refractivity contribution in [2.24, 2.45) is 0 Å². The van der Waals surface area contributed by atoms with Gasteiger partial charge in [0.05, 0.1) is 0 Å². The van der Waals surface area contributed by atoms with Crippen LogP contribution in [0.4, 0.5) is 11.6 Å². The molecule has 1 aliphatic rings. The maximum absolute atomic E-state index is 4.45. The molecule has 1 unspecified atom stereocenters. The first-order valence-corrected chi connectivity index (χ1v) is 6.72. The van der Waals surface area contributed by atoms with E-state index in [4.69, 9.17) is 0 Å². The zero-order valence-corrected chi connectivity index (χ0v) is 11.5. The third-order valence-corrected chi connectivity index (χ3v) is 3.14. The minimum absolute atomic E-state index is 0.503. The van der Waals surface area contributed by atoms with E-state index in [1.807, 2.05) is 13.0 Å². The van der Waals surface area contributed by atoms with Gasteiger partial charge < -0.3 is 15.5 Å². The quantitative estimate of drug-likeness (QED) is 0.832. The molecule has 1 aromatic heterocycles. The zero-order chi connectivity index (χ0) is 13.0. The van der Waals surface area contributed by atoms with E-state index >= 15 is 0 Å². The fourth-order valence-corrected chi connectivity index (χ4v) is 2.25. The van der Waals surface area contributed by atoms with E-state index in [9.17, 15) is 0 Å². The molecule has 0 saturated carbocycles. The van der Waals surface area contributed by atoms with Crippen molar-refractivity contribution in [1.82, 2.24) is 14.9 Å². The van der Waals surface area contributed by atoms with E-state index < -0.39 is 0 Å². The summed E-state index contributed by atoms with van der Waals surface area (Å²) in [6.07, 6.45) is 2.27. The molecule has 1 saturated heterocycles. The molecule has 0 amide bonds. The van der Waals surface area contributed by atoms with Crippen LogP contribution in [0, 0.1) is 6.92 Å². The Balaban J connectivity index is 2.00. The number of hydrogen-bond acceptors (Lipinski definition) is 5. The molecule has 0 spiro atoms. The Bertz CT molecular complexity index is 393. The SMILES string of the molecule is CCCNc1cc(NC2CCN(C)C2)nc(C)n1. The van der Waals surface area contributed by atoms with Crippen LogP contribution in [0.3, 0.4) is 0 Å². The van der Waals surface area contributed by atoms with Gasteiger partial charge >= 0.3 is 0 Å². The number of nitrogens with zero attached hydrogens (tertiary/aromatic N) is 3. The third-order valence-electron chi connectivity index (χ3n) is 3.14. The summed E-state index contributed by atoms with van der Waals surface area (Å²) in [7, 11) is 2.15. The average molecular weight is 249 g/mol. The van der Waals surface area contributed by atoms with Crippen LogP contribution in [0.15, 0.2) is 6.07 Å². The summed E-state index contributed by atoms with van der Waals surface area (Å²) >= 11 is 0. The molecule has 18 heavy (non-hydrogen) atoms. The first-order valence-electron chi connectivity index (χ1n) is 6.72. The summed E-state index contributed by atoms with van der Waals surface area (Å²) in [6, 6.07) is 2.50. The number of hydrogen-bond donors (Lipinski definition) is 2. The highest BCUT2D eigenvalue weighted by Crippen LogP contribution is 2.16. The van der Waals surface area contributed by atoms with Gasteiger partial charge in [-0.15, -0.1) is 0 Å². The summed E-state index contributed by atoms with van der Waals surface area (Å²) in [6.45, 7) is 7.27. The van der Waals surface area contributed by atoms with Crippen LogP contribution in [-0.2, 0) is 0 Å². The summed E-state index contributed by atoms with van der Waals surface area (Å²) in [5.74, 6) is 2.66. The molecule has 1 atom stereocenters. The smallest absolute Gasteiger partial charge is 0.132 e. The van der Waals surface area contributed by atoms with Crippen molar-refractivity contribution in [3.8, 4) is 0 Å². The van der Waals surface area contributed by atoms with Crippen molar-refractivity contribution in [1.29, 1.82) is 0 Å². The van der Waals surface area contributed by atoms with Gasteiger partial charge in [-0.25, -0.2) is 9.97 Å². The average Bonchev–Trinajstić information content (AvgIpc) is 2.71. The van der Waals surface area contributed by atoms with Crippen molar-refractivity contribution in [2.75, 3.05) is 37.3 Å². The number of anilines is 2. The van der Waals surface area contributed by atoms with Gasteiger partial charge in [0.2, 0.25) is 0 Å². The topological polar surface area (TPSA) is 53.1 Å². The maximum atomic E-state index is 4.45. The van der Waals surface area contributed by atoms with Crippen LogP contribution in [0.2, 0.25) is 0 Å². The first kappa shape index (κ1) is 13.1. The van der Waals surface area contributed by atoms with E-state index in [0.717, 1.165) is 43.5 Å². The highest BCUT2D eigenvalue weighted by Gasteiger charge is 2.19. The molecule has 0 aromatic carbocycles. The second kappa shape index (κ2) is 6.00. The van der Waals surface area contributed by atoms with E-state index in [-0.39, 0.29) is 0 Å². The molecule has 1 aromatic rings. The second-order valence-corrected chi connectivity index (χ2v) is 5.00. The minimum Gasteiger partial charge on any atom is -0.370 e. The molecule has 2 heterocycles. The Kier molecular flexibility index (Phi) is 4.36. The summed E-state index contributed by atoms with van der Waals surface area (Å²) in [4.78, 5) is 11.2. The Morgan fingerprint density at radius 3 is 2.83 bits per heavy atom. The predicted molar refractivity (Wildman–Crippen MR) is 75.1 cm³/mol. The van der Waals surface area contributed by atoms with Crippen molar-refractivity contribution < 1.29 is 0 Å². The Labute approximate surface area is 109 Å². The van der Waals surface area contributed by atoms with Crippen LogP contribution in [0.5, 0.6) is 0 Å². The minimum atomic E-state index is 0.503. The van der Waals surface area contributed by atoms with Crippen molar-refractivity contribution in [3.05, 3.63) is 11.9 Å². The lowest BCUT2D eigenvalue weighted by molar-refractivity contribution is 0.414. The molecular weight excluding hydrogens is 226 g/mol. The molecule has 5 nitrogen and oxygen atoms in total. The highest BCUT2D eigenvalue weighted by atomic mass is 15.2. The van der Waals surface area contributed by atoms with Crippen LogP contribution < -0.4 is 10.6 Å². The normalized spacial score (nSPS) is 20.1. The maximum Gasteiger partial charge on any atom is 0.132 e. The standard InChI is InChI=1S/C13H23N5/c1-4-6-14-12-8-13(16-10(2)15-12)17-11-5-7-18(3)9-11/h8,11H,4-7,9H2,1-3H3,(H2,14,15,16,17). The van der Waals surface area contributed by atoms with Crippen molar-refractivity contribution in [2.45, 2.75) is 32.7 Å². The number of likely N-dealkylation sites (N-methyl/N-ethyl adjacent to an activating group) is 1. The number of likely N-dealkylation sites (tertiary alicyclic amines) is 1. The molecule has 0 radical (unpaired) electrons. The fourth-order valence-electron chi connectivity index (χ4n) is 2.25. The molecule has 5 heteroatoms. The van der Waals surface area contributed by atoms with E-state index in [1.165, 1.54) is 6.42 Å². The van der Waals surface area contributed by atoms with Crippen molar-refractivity contribution in [3.63, 3.8) is 0 Å². The first-order chi connectivity index (χ1) is 8.67. The van der Waals surface area contributed by atoms with E-state index in [1.54, 1.807) is 0 Å². The monoisotopic (exact) mass is 249 g/mol. The summed E-state index contributed by atoms with van der Waals surface area (Å²) in [5, 5.41) is 6.80. The predicted octanol–water partition coefficient (Wildman–Crippen LogP) is 1.72. The molecule has 2 N–H and O–H groups in total. The molecule has 100 valence electrons. The van der Waals surface area contributed by atoms with Gasteiger partial charge in [0.15, 0.2) is 0 Å². The number of rotatable bonds is 5. The zero-order valence-electron chi connectivity index (χ0n) is 11.5. The number of aromatic nitrogens is 2. The highest BCUT2D eigenvalue weighted by molar-refractivity contribution is 5.48. The second-order valence-electron chi connectivity index (χ2n) is 5.00. The van der Waals surface area contributed by atoms with Crippen LogP contribution in [-0.4, -0.2) is 47.6 Å². The van der Waals surface area contributed by atoms with Gasteiger partial charge in [-0.3, -0.25) is 0 Å². The molecular formula is C13H23N5. The third kappa shape index (κ3) is 3.57. The molecule has 2 rings (SSSR count). The van der Waals surface area contributed by atoms with Crippen LogP contribution in [0.1, 0.15) is 25.6 Å². The molecule has 1 fully saturated rings. The molecule has 0 bridgehead atoms. The van der Waals surface area contributed by atoms with Gasteiger partial charge in [-0.1, -0.05) is 6.92 Å².